The van der Waals surface area contributed by atoms with Crippen molar-refractivity contribution in [1.82, 2.24) is 0 Å². The fourth-order valence-corrected chi connectivity index (χ4v) is 1.27. The van der Waals surface area contributed by atoms with Gasteiger partial charge in [0.05, 0.1) is 4.91 Å². The average Bonchev–Trinajstić information content (AvgIpc) is 2.59. The third-order valence-corrected chi connectivity index (χ3v) is 2.15. The Labute approximate surface area is 87.7 Å². The Balaban J connectivity index is 2.72. The zero-order valence-electron chi connectivity index (χ0n) is 8.03. The van der Waals surface area contributed by atoms with Crippen LogP contribution in [-0.2, 0) is 9.53 Å². The van der Waals surface area contributed by atoms with E-state index in [0.717, 1.165) is 4.91 Å². The molecule has 14 heavy (non-hydrogen) atoms. The summed E-state index contributed by atoms with van der Waals surface area (Å²) < 4.78 is 4.84. The van der Waals surface area contributed by atoms with E-state index < -0.39 is 0 Å². The average molecular weight is 206 g/mol. The highest BCUT2D eigenvalue weighted by Crippen LogP contribution is 2.13. The van der Waals surface area contributed by atoms with Gasteiger partial charge in [0.15, 0.2) is 0 Å². The Kier molecular flexibility index (Phi) is 4.09. The van der Waals surface area contributed by atoms with Crippen LogP contribution in [0.1, 0.15) is 6.92 Å². The van der Waals surface area contributed by atoms with Gasteiger partial charge in [-0.15, -0.1) is 17.7 Å². The third-order valence-electron chi connectivity index (χ3n) is 1.47. The zero-order chi connectivity index (χ0) is 10.4. The first-order valence-electron chi connectivity index (χ1n) is 4.05. The summed E-state index contributed by atoms with van der Waals surface area (Å²) in [4.78, 5) is 11.6. The molecule has 1 aliphatic rings. The van der Waals surface area contributed by atoms with E-state index in [1.54, 1.807) is 30.8 Å². The lowest BCUT2D eigenvalue weighted by atomic mass is 10.4. The standard InChI is InChI=1S/C11H10O2S/c1-3-4-10(14-2)7-5-9-6-8-11(12)13-9/h5-8H,1-2H3. The van der Waals surface area contributed by atoms with Crippen molar-refractivity contribution in [3.63, 3.8) is 0 Å². The maximum absolute atomic E-state index is 10.7. The van der Waals surface area contributed by atoms with E-state index in [-0.39, 0.29) is 5.97 Å². The number of carbonyl (C=O) groups excluding carboxylic acids is 1. The van der Waals surface area contributed by atoms with Crippen molar-refractivity contribution in [2.75, 3.05) is 6.26 Å². The molecule has 0 aromatic carbocycles. The number of rotatable bonds is 2. The molecule has 1 heterocycles. The van der Waals surface area contributed by atoms with E-state index in [9.17, 15) is 4.79 Å². The summed E-state index contributed by atoms with van der Waals surface area (Å²) in [6.45, 7) is 1.78. The quantitative estimate of drug-likeness (QED) is 0.512. The van der Waals surface area contributed by atoms with Crippen LogP contribution in [0.3, 0.4) is 0 Å². The van der Waals surface area contributed by atoms with Gasteiger partial charge in [0.2, 0.25) is 0 Å². The fraction of sp³-hybridized carbons (Fsp3) is 0.182. The number of thioether (sulfide) groups is 1. The summed E-state index contributed by atoms with van der Waals surface area (Å²) in [5.41, 5.74) is 0. The highest BCUT2D eigenvalue weighted by atomic mass is 32.2. The van der Waals surface area contributed by atoms with Crippen LogP contribution in [0.15, 0.2) is 35.0 Å². The second kappa shape index (κ2) is 5.36. The van der Waals surface area contributed by atoms with Crippen LogP contribution in [0.2, 0.25) is 0 Å². The van der Waals surface area contributed by atoms with Crippen molar-refractivity contribution >= 4 is 17.7 Å². The minimum Gasteiger partial charge on any atom is -0.423 e. The summed E-state index contributed by atoms with van der Waals surface area (Å²) in [5.74, 6) is 5.97. The number of hydrogen-bond acceptors (Lipinski definition) is 3. The van der Waals surface area contributed by atoms with Gasteiger partial charge in [-0.2, -0.15) is 0 Å². The van der Waals surface area contributed by atoms with Crippen LogP contribution < -0.4 is 0 Å². The third kappa shape index (κ3) is 3.15. The van der Waals surface area contributed by atoms with Gasteiger partial charge in [0, 0.05) is 6.08 Å². The first kappa shape index (κ1) is 10.7. The van der Waals surface area contributed by atoms with Crippen molar-refractivity contribution in [3.05, 3.63) is 35.0 Å². The summed E-state index contributed by atoms with van der Waals surface area (Å²) in [7, 11) is 0. The lowest BCUT2D eigenvalue weighted by molar-refractivity contribution is -0.132. The Morgan fingerprint density at radius 3 is 2.86 bits per heavy atom. The number of allylic oxidation sites excluding steroid dienone is 4. The molecule has 0 unspecified atom stereocenters. The molecule has 0 saturated carbocycles. The molecule has 2 nitrogen and oxygen atoms in total. The number of carbonyl (C=O) groups is 1. The molecule has 0 bridgehead atoms. The van der Waals surface area contributed by atoms with E-state index in [2.05, 4.69) is 11.8 Å². The smallest absolute Gasteiger partial charge is 0.336 e. The summed E-state index contributed by atoms with van der Waals surface area (Å²) >= 11 is 1.56. The molecule has 72 valence electrons. The second-order valence-corrected chi connectivity index (χ2v) is 3.28. The van der Waals surface area contributed by atoms with E-state index in [1.807, 2.05) is 12.3 Å². The predicted molar refractivity (Wildman–Crippen MR) is 58.4 cm³/mol. The van der Waals surface area contributed by atoms with Crippen LogP contribution in [0.5, 0.6) is 0 Å². The Morgan fingerprint density at radius 2 is 2.36 bits per heavy atom. The first-order chi connectivity index (χ1) is 6.76. The summed E-state index contributed by atoms with van der Waals surface area (Å²) in [6.07, 6.45) is 8.54. The van der Waals surface area contributed by atoms with Crippen molar-refractivity contribution in [2.45, 2.75) is 6.92 Å². The van der Waals surface area contributed by atoms with Gasteiger partial charge in [-0.3, -0.25) is 0 Å². The molecule has 0 radical (unpaired) electrons. The fourth-order valence-electron chi connectivity index (χ4n) is 0.866. The van der Waals surface area contributed by atoms with Gasteiger partial charge in [-0.05, 0) is 31.4 Å². The maximum Gasteiger partial charge on any atom is 0.336 e. The van der Waals surface area contributed by atoms with Gasteiger partial charge < -0.3 is 4.74 Å². The van der Waals surface area contributed by atoms with E-state index >= 15 is 0 Å². The topological polar surface area (TPSA) is 26.3 Å². The predicted octanol–water partition coefficient (Wildman–Crippen LogP) is 2.25. The molecule has 0 aromatic heterocycles. The molecule has 1 aliphatic heterocycles. The lowest BCUT2D eigenvalue weighted by Gasteiger charge is -1.93. The van der Waals surface area contributed by atoms with Crippen molar-refractivity contribution < 1.29 is 9.53 Å². The molecule has 0 atom stereocenters. The molecular weight excluding hydrogens is 196 g/mol. The molecule has 1 rings (SSSR count). The lowest BCUT2D eigenvalue weighted by Crippen LogP contribution is -1.89. The highest BCUT2D eigenvalue weighted by molar-refractivity contribution is 8.02. The van der Waals surface area contributed by atoms with Crippen molar-refractivity contribution in [1.29, 1.82) is 0 Å². The minimum absolute atomic E-state index is 0.322. The van der Waals surface area contributed by atoms with Gasteiger partial charge in [-0.1, -0.05) is 5.92 Å². The SMILES string of the molecule is CC#CC(=CC=C1C=CC(=O)O1)SC. The molecule has 0 saturated heterocycles. The maximum atomic E-state index is 10.7. The van der Waals surface area contributed by atoms with Gasteiger partial charge >= 0.3 is 5.97 Å². The van der Waals surface area contributed by atoms with Crippen LogP contribution in [0.4, 0.5) is 0 Å². The number of ether oxygens (including phenoxy) is 1. The van der Waals surface area contributed by atoms with Crippen molar-refractivity contribution in [2.24, 2.45) is 0 Å². The number of cyclic esters (lactones) is 1. The van der Waals surface area contributed by atoms with Crippen molar-refractivity contribution in [3.8, 4) is 11.8 Å². The molecule has 0 amide bonds. The van der Waals surface area contributed by atoms with E-state index in [0.29, 0.717) is 5.76 Å². The van der Waals surface area contributed by atoms with E-state index in [1.165, 1.54) is 6.08 Å². The van der Waals surface area contributed by atoms with Crippen LogP contribution in [0, 0.1) is 11.8 Å². The minimum atomic E-state index is -0.322. The van der Waals surface area contributed by atoms with E-state index in [4.69, 9.17) is 4.74 Å². The molecule has 0 aromatic rings. The monoisotopic (exact) mass is 206 g/mol. The Hall–Kier alpha value is -1.40. The van der Waals surface area contributed by atoms with Crippen LogP contribution in [0.25, 0.3) is 0 Å². The Morgan fingerprint density at radius 1 is 1.57 bits per heavy atom. The number of hydrogen-bond donors (Lipinski definition) is 0. The Bertz CT molecular complexity index is 378. The second-order valence-electron chi connectivity index (χ2n) is 2.43. The molecular formula is C11H10O2S. The molecule has 0 fully saturated rings. The van der Waals surface area contributed by atoms with Crippen LogP contribution >= 0.6 is 11.8 Å². The van der Waals surface area contributed by atoms with Crippen LogP contribution in [-0.4, -0.2) is 12.2 Å². The number of esters is 1. The summed E-state index contributed by atoms with van der Waals surface area (Å²) in [6, 6.07) is 0. The van der Waals surface area contributed by atoms with Gasteiger partial charge in [0.25, 0.3) is 0 Å². The normalized spacial score (nSPS) is 18.0. The largest absolute Gasteiger partial charge is 0.423 e. The van der Waals surface area contributed by atoms with Gasteiger partial charge in [0.1, 0.15) is 5.76 Å². The molecule has 3 heteroatoms. The molecule has 0 aliphatic carbocycles. The summed E-state index contributed by atoms with van der Waals surface area (Å²) in [5, 5.41) is 0. The first-order valence-corrected chi connectivity index (χ1v) is 5.27. The highest BCUT2D eigenvalue weighted by Gasteiger charge is 2.07. The molecule has 0 N–H and O–H groups in total. The van der Waals surface area contributed by atoms with Gasteiger partial charge in [-0.25, -0.2) is 4.79 Å². The zero-order valence-corrected chi connectivity index (χ0v) is 8.85. The molecule has 0 spiro atoms.